The number of amides is 1. The van der Waals surface area contributed by atoms with Crippen molar-refractivity contribution in [1.29, 1.82) is 0 Å². The van der Waals surface area contributed by atoms with Crippen LogP contribution in [0.25, 0.3) is 0 Å². The Labute approximate surface area is 112 Å². The fourth-order valence-corrected chi connectivity index (χ4v) is 1.82. The maximum Gasteiger partial charge on any atom is 0.256 e. The van der Waals surface area contributed by atoms with Gasteiger partial charge in [0.2, 0.25) is 0 Å². The highest BCUT2D eigenvalue weighted by Crippen LogP contribution is 2.24. The number of aromatic nitrogens is 1. The van der Waals surface area contributed by atoms with Gasteiger partial charge in [-0.1, -0.05) is 12.1 Å². The molecule has 0 aliphatic carbocycles. The van der Waals surface area contributed by atoms with Crippen LogP contribution in [0, 0.1) is 13.8 Å². The molecule has 1 aromatic heterocycles. The fourth-order valence-electron chi connectivity index (χ4n) is 1.82. The number of aryl methyl sites for hydroxylation is 1. The molecule has 0 atom stereocenters. The number of hydrogen-bond acceptors (Lipinski definition) is 3. The molecular formula is C15H16N2O2. The summed E-state index contributed by atoms with van der Waals surface area (Å²) in [6.07, 6.45) is 1.64. The number of ether oxygens (including phenoxy) is 1. The number of carbonyl (C=O) groups is 1. The van der Waals surface area contributed by atoms with Crippen molar-refractivity contribution in [2.75, 3.05) is 12.4 Å². The Morgan fingerprint density at radius 1 is 1.21 bits per heavy atom. The topological polar surface area (TPSA) is 51.2 Å². The lowest BCUT2D eigenvalue weighted by atomic mass is 10.1. The van der Waals surface area contributed by atoms with Gasteiger partial charge in [0.05, 0.1) is 12.8 Å². The Hall–Kier alpha value is -2.36. The van der Waals surface area contributed by atoms with E-state index in [4.69, 9.17) is 4.74 Å². The van der Waals surface area contributed by atoms with Gasteiger partial charge in [-0.3, -0.25) is 9.78 Å². The van der Waals surface area contributed by atoms with Crippen LogP contribution < -0.4 is 10.1 Å². The largest absolute Gasteiger partial charge is 0.495 e. The smallest absolute Gasteiger partial charge is 0.256 e. The average Bonchev–Trinajstić information content (AvgIpc) is 2.42. The molecule has 1 amide bonds. The Bertz CT molecular complexity index is 609. The van der Waals surface area contributed by atoms with Crippen LogP contribution in [-0.2, 0) is 0 Å². The molecule has 0 saturated carbocycles. The van der Waals surface area contributed by atoms with Gasteiger partial charge in [-0.2, -0.15) is 0 Å². The molecule has 0 fully saturated rings. The van der Waals surface area contributed by atoms with Crippen molar-refractivity contribution >= 4 is 11.6 Å². The number of para-hydroxylation sites is 2. The summed E-state index contributed by atoms with van der Waals surface area (Å²) in [6, 6.07) is 9.03. The molecule has 0 radical (unpaired) electrons. The molecule has 0 spiro atoms. The molecule has 0 saturated heterocycles. The summed E-state index contributed by atoms with van der Waals surface area (Å²) in [6.45, 7) is 3.77. The van der Waals surface area contributed by atoms with Gasteiger partial charge in [0.15, 0.2) is 0 Å². The Morgan fingerprint density at radius 2 is 1.95 bits per heavy atom. The minimum Gasteiger partial charge on any atom is -0.495 e. The van der Waals surface area contributed by atoms with Crippen molar-refractivity contribution in [2.45, 2.75) is 13.8 Å². The molecule has 0 aliphatic rings. The van der Waals surface area contributed by atoms with Crippen molar-refractivity contribution < 1.29 is 9.53 Å². The predicted octanol–water partition coefficient (Wildman–Crippen LogP) is 2.96. The number of carbonyl (C=O) groups excluding carboxylic acids is 1. The molecule has 1 heterocycles. The second kappa shape index (κ2) is 5.52. The van der Waals surface area contributed by atoms with Gasteiger partial charge in [0.25, 0.3) is 5.91 Å². The van der Waals surface area contributed by atoms with Gasteiger partial charge in [-0.05, 0) is 37.6 Å². The van der Waals surface area contributed by atoms with Crippen LogP contribution in [0.2, 0.25) is 0 Å². The monoisotopic (exact) mass is 256 g/mol. The summed E-state index contributed by atoms with van der Waals surface area (Å²) in [4.78, 5) is 16.4. The molecular weight excluding hydrogens is 240 g/mol. The maximum atomic E-state index is 12.3. The fraction of sp³-hybridized carbons (Fsp3) is 0.200. The quantitative estimate of drug-likeness (QED) is 0.918. The van der Waals surface area contributed by atoms with Crippen LogP contribution in [0.5, 0.6) is 5.75 Å². The van der Waals surface area contributed by atoms with E-state index in [0.717, 1.165) is 11.3 Å². The number of nitrogens with one attached hydrogen (secondary N) is 1. The summed E-state index contributed by atoms with van der Waals surface area (Å²) in [5, 5.41) is 2.85. The summed E-state index contributed by atoms with van der Waals surface area (Å²) in [5.41, 5.74) is 3.02. The number of methoxy groups -OCH3 is 1. The summed E-state index contributed by atoms with van der Waals surface area (Å²) < 4.78 is 5.21. The standard InChI is InChI=1S/C15H16N2O2/c1-10-11(2)16-9-8-12(10)15(18)17-13-6-4-5-7-14(13)19-3/h4-9H,1-3H3,(H,17,18). The first-order valence-corrected chi connectivity index (χ1v) is 6.00. The van der Waals surface area contributed by atoms with Crippen molar-refractivity contribution in [3.05, 3.63) is 53.3 Å². The maximum absolute atomic E-state index is 12.3. The molecule has 1 N–H and O–H groups in total. The molecule has 0 unspecified atom stereocenters. The second-order valence-corrected chi connectivity index (χ2v) is 4.22. The number of rotatable bonds is 3. The van der Waals surface area contributed by atoms with E-state index in [1.165, 1.54) is 0 Å². The predicted molar refractivity (Wildman–Crippen MR) is 74.7 cm³/mol. The van der Waals surface area contributed by atoms with Gasteiger partial charge in [-0.25, -0.2) is 0 Å². The van der Waals surface area contributed by atoms with E-state index in [2.05, 4.69) is 10.3 Å². The third kappa shape index (κ3) is 2.73. The highest BCUT2D eigenvalue weighted by Gasteiger charge is 2.12. The highest BCUT2D eigenvalue weighted by atomic mass is 16.5. The lowest BCUT2D eigenvalue weighted by molar-refractivity contribution is 0.102. The Balaban J connectivity index is 2.28. The van der Waals surface area contributed by atoms with Crippen molar-refractivity contribution in [3.63, 3.8) is 0 Å². The van der Waals surface area contributed by atoms with Crippen LogP contribution in [0.3, 0.4) is 0 Å². The number of anilines is 1. The van der Waals surface area contributed by atoms with Crippen LogP contribution in [0.15, 0.2) is 36.5 Å². The second-order valence-electron chi connectivity index (χ2n) is 4.22. The average molecular weight is 256 g/mol. The first-order chi connectivity index (χ1) is 9.13. The van der Waals surface area contributed by atoms with E-state index in [9.17, 15) is 4.79 Å². The minimum absolute atomic E-state index is 0.160. The third-order valence-corrected chi connectivity index (χ3v) is 3.06. The Morgan fingerprint density at radius 3 is 2.68 bits per heavy atom. The van der Waals surface area contributed by atoms with Crippen molar-refractivity contribution in [1.82, 2.24) is 4.98 Å². The first-order valence-electron chi connectivity index (χ1n) is 6.00. The third-order valence-electron chi connectivity index (χ3n) is 3.06. The van der Waals surface area contributed by atoms with Crippen LogP contribution in [0.1, 0.15) is 21.6 Å². The summed E-state index contributed by atoms with van der Waals surface area (Å²) >= 11 is 0. The molecule has 2 rings (SSSR count). The minimum atomic E-state index is -0.160. The summed E-state index contributed by atoms with van der Waals surface area (Å²) in [7, 11) is 1.58. The molecule has 1 aromatic carbocycles. The van der Waals surface area contributed by atoms with Gasteiger partial charge in [0.1, 0.15) is 5.75 Å². The molecule has 98 valence electrons. The molecule has 4 nitrogen and oxygen atoms in total. The molecule has 0 bridgehead atoms. The molecule has 19 heavy (non-hydrogen) atoms. The van der Waals surface area contributed by atoms with Gasteiger partial charge in [-0.15, -0.1) is 0 Å². The summed E-state index contributed by atoms with van der Waals surface area (Å²) in [5.74, 6) is 0.479. The van der Waals surface area contributed by atoms with E-state index in [1.54, 1.807) is 31.5 Å². The van der Waals surface area contributed by atoms with Crippen LogP contribution in [0.4, 0.5) is 5.69 Å². The van der Waals surface area contributed by atoms with Gasteiger partial charge < -0.3 is 10.1 Å². The van der Waals surface area contributed by atoms with E-state index in [0.29, 0.717) is 17.0 Å². The van der Waals surface area contributed by atoms with Gasteiger partial charge >= 0.3 is 0 Å². The zero-order valence-electron chi connectivity index (χ0n) is 11.2. The van der Waals surface area contributed by atoms with Gasteiger partial charge in [0, 0.05) is 17.5 Å². The highest BCUT2D eigenvalue weighted by molar-refractivity contribution is 6.06. The van der Waals surface area contributed by atoms with Crippen LogP contribution >= 0.6 is 0 Å². The molecule has 4 heteroatoms. The number of benzene rings is 1. The zero-order chi connectivity index (χ0) is 13.8. The molecule has 2 aromatic rings. The zero-order valence-corrected chi connectivity index (χ0v) is 11.2. The van der Waals surface area contributed by atoms with Crippen molar-refractivity contribution in [3.8, 4) is 5.75 Å². The SMILES string of the molecule is COc1ccccc1NC(=O)c1ccnc(C)c1C. The van der Waals surface area contributed by atoms with E-state index in [1.807, 2.05) is 26.0 Å². The van der Waals surface area contributed by atoms with E-state index in [-0.39, 0.29) is 5.91 Å². The molecule has 0 aliphatic heterocycles. The van der Waals surface area contributed by atoms with E-state index < -0.39 is 0 Å². The Kier molecular flexibility index (Phi) is 3.80. The number of hydrogen-bond donors (Lipinski definition) is 1. The van der Waals surface area contributed by atoms with Crippen molar-refractivity contribution in [2.24, 2.45) is 0 Å². The lowest BCUT2D eigenvalue weighted by Crippen LogP contribution is -2.14. The normalized spacial score (nSPS) is 10.1. The van der Waals surface area contributed by atoms with E-state index >= 15 is 0 Å². The number of pyridine rings is 1. The first kappa shape index (κ1) is 13.1. The van der Waals surface area contributed by atoms with Crippen LogP contribution in [-0.4, -0.2) is 18.0 Å². The lowest BCUT2D eigenvalue weighted by Gasteiger charge is -2.11. The number of nitrogens with zero attached hydrogens (tertiary/aromatic N) is 1.